The fourth-order valence-corrected chi connectivity index (χ4v) is 3.84. The fourth-order valence-electron chi connectivity index (χ4n) is 3.00. The van der Waals surface area contributed by atoms with Gasteiger partial charge in [-0.1, -0.05) is 17.4 Å². The highest BCUT2D eigenvalue weighted by Gasteiger charge is 2.13. The minimum atomic E-state index is -0.236. The van der Waals surface area contributed by atoms with E-state index < -0.39 is 0 Å². The molecule has 1 aromatic carbocycles. The number of hydrogen-bond donors (Lipinski definition) is 2. The summed E-state index contributed by atoms with van der Waals surface area (Å²) in [5, 5.41) is 6.06. The van der Waals surface area contributed by atoms with Gasteiger partial charge in [-0.15, -0.1) is 0 Å². The van der Waals surface area contributed by atoms with E-state index in [1.54, 1.807) is 0 Å². The van der Waals surface area contributed by atoms with Crippen molar-refractivity contribution in [3.63, 3.8) is 0 Å². The molecule has 0 aliphatic carbocycles. The fraction of sp³-hybridized carbons (Fsp3) is 0.316. The molecule has 3 heterocycles. The number of hydrogen-bond acceptors (Lipinski definition) is 6. The van der Waals surface area contributed by atoms with Crippen LogP contribution in [0.25, 0.3) is 21.3 Å². The third-order valence-corrected chi connectivity index (χ3v) is 5.31. The Kier molecular flexibility index (Phi) is 5.17. The standard InChI is InChI=1S/C19H21N5O2S/c1-2-20-18(25)23-19-22-15-11-13(3-5-16(15)27-19)14-4-6-17(21-12-14)24-7-9-26-10-8-24/h3-6,11-12H,2,7-10H2,1H3,(H2,20,22,23,25). The third kappa shape index (κ3) is 4.01. The third-order valence-electron chi connectivity index (χ3n) is 4.36. The van der Waals surface area contributed by atoms with Gasteiger partial charge in [-0.3, -0.25) is 5.32 Å². The number of rotatable bonds is 4. The Hall–Kier alpha value is -2.71. The zero-order valence-corrected chi connectivity index (χ0v) is 15.9. The lowest BCUT2D eigenvalue weighted by atomic mass is 10.1. The van der Waals surface area contributed by atoms with E-state index in [4.69, 9.17) is 4.74 Å². The summed E-state index contributed by atoms with van der Waals surface area (Å²) in [5.74, 6) is 0.977. The number of carbonyl (C=O) groups is 1. The number of carbonyl (C=O) groups excluding carboxylic acids is 1. The van der Waals surface area contributed by atoms with Crippen LogP contribution < -0.4 is 15.5 Å². The van der Waals surface area contributed by atoms with Gasteiger partial charge in [-0.2, -0.15) is 0 Å². The van der Waals surface area contributed by atoms with E-state index in [1.807, 2.05) is 31.3 Å². The van der Waals surface area contributed by atoms with Gasteiger partial charge in [0, 0.05) is 31.4 Å². The van der Waals surface area contributed by atoms with E-state index in [9.17, 15) is 4.79 Å². The Bertz CT molecular complexity index is 935. The van der Waals surface area contributed by atoms with E-state index in [-0.39, 0.29) is 6.03 Å². The second kappa shape index (κ2) is 7.89. The minimum Gasteiger partial charge on any atom is -0.378 e. The first-order chi connectivity index (χ1) is 13.2. The summed E-state index contributed by atoms with van der Waals surface area (Å²) in [5.41, 5.74) is 2.96. The van der Waals surface area contributed by atoms with Gasteiger partial charge >= 0.3 is 6.03 Å². The molecule has 2 amide bonds. The number of amides is 2. The number of nitrogens with zero attached hydrogens (tertiary/aromatic N) is 3. The van der Waals surface area contributed by atoms with E-state index in [0.717, 1.165) is 53.5 Å². The van der Waals surface area contributed by atoms with Gasteiger partial charge in [0.05, 0.1) is 23.4 Å². The van der Waals surface area contributed by atoms with Crippen LogP contribution in [0.2, 0.25) is 0 Å². The molecule has 8 heteroatoms. The van der Waals surface area contributed by atoms with Crippen LogP contribution in [0, 0.1) is 0 Å². The lowest BCUT2D eigenvalue weighted by molar-refractivity contribution is 0.122. The molecule has 0 spiro atoms. The van der Waals surface area contributed by atoms with Gasteiger partial charge in [0.25, 0.3) is 0 Å². The van der Waals surface area contributed by atoms with E-state index in [2.05, 4.69) is 37.6 Å². The molecule has 0 radical (unpaired) electrons. The number of morpholine rings is 1. The number of aromatic nitrogens is 2. The first-order valence-electron chi connectivity index (χ1n) is 8.97. The van der Waals surface area contributed by atoms with Gasteiger partial charge in [-0.05, 0) is 36.8 Å². The number of ether oxygens (including phenoxy) is 1. The van der Waals surface area contributed by atoms with E-state index >= 15 is 0 Å². The first-order valence-corrected chi connectivity index (χ1v) is 9.79. The van der Waals surface area contributed by atoms with Crippen molar-refractivity contribution in [3.05, 3.63) is 36.5 Å². The monoisotopic (exact) mass is 383 g/mol. The zero-order chi connectivity index (χ0) is 18.6. The molecule has 0 unspecified atom stereocenters. The van der Waals surface area contributed by atoms with Crippen LogP contribution in [0.3, 0.4) is 0 Å². The SMILES string of the molecule is CCNC(=O)Nc1nc2cc(-c3ccc(N4CCOCC4)nc3)ccc2s1. The smallest absolute Gasteiger partial charge is 0.321 e. The van der Waals surface area contributed by atoms with Crippen LogP contribution in [0.4, 0.5) is 15.7 Å². The van der Waals surface area contributed by atoms with E-state index in [1.165, 1.54) is 11.3 Å². The van der Waals surface area contributed by atoms with Crippen LogP contribution in [0.5, 0.6) is 0 Å². The molecule has 1 aliphatic rings. The highest BCUT2D eigenvalue weighted by atomic mass is 32.1. The van der Waals surface area contributed by atoms with Gasteiger partial charge in [-0.25, -0.2) is 14.8 Å². The van der Waals surface area contributed by atoms with Crippen molar-refractivity contribution >= 4 is 38.5 Å². The highest BCUT2D eigenvalue weighted by Crippen LogP contribution is 2.30. The predicted molar refractivity (Wildman–Crippen MR) is 109 cm³/mol. The average molecular weight is 383 g/mol. The topological polar surface area (TPSA) is 79.4 Å². The van der Waals surface area contributed by atoms with Crippen molar-refractivity contribution in [3.8, 4) is 11.1 Å². The summed E-state index contributed by atoms with van der Waals surface area (Å²) < 4.78 is 6.42. The molecular weight excluding hydrogens is 362 g/mol. The Morgan fingerprint density at radius 3 is 2.78 bits per heavy atom. The Morgan fingerprint density at radius 2 is 2.04 bits per heavy atom. The van der Waals surface area contributed by atoms with Crippen LogP contribution in [0.1, 0.15) is 6.92 Å². The van der Waals surface area contributed by atoms with Gasteiger partial charge in [0.1, 0.15) is 5.82 Å². The molecule has 1 fully saturated rings. The number of nitrogens with one attached hydrogen (secondary N) is 2. The number of fused-ring (bicyclic) bond motifs is 1. The quantitative estimate of drug-likeness (QED) is 0.722. The maximum absolute atomic E-state index is 11.7. The van der Waals surface area contributed by atoms with Crippen LogP contribution in [0.15, 0.2) is 36.5 Å². The maximum Gasteiger partial charge on any atom is 0.321 e. The lowest BCUT2D eigenvalue weighted by Gasteiger charge is -2.27. The molecular formula is C19H21N5O2S. The molecule has 1 saturated heterocycles. The molecule has 7 nitrogen and oxygen atoms in total. The molecule has 1 aliphatic heterocycles. The molecule has 4 rings (SSSR count). The highest BCUT2D eigenvalue weighted by molar-refractivity contribution is 7.22. The number of pyridine rings is 1. The van der Waals surface area contributed by atoms with Crippen molar-refractivity contribution < 1.29 is 9.53 Å². The van der Waals surface area contributed by atoms with Crippen LogP contribution in [-0.2, 0) is 4.74 Å². The summed E-state index contributed by atoms with van der Waals surface area (Å²) in [6, 6.07) is 10.0. The van der Waals surface area contributed by atoms with Crippen molar-refractivity contribution in [1.29, 1.82) is 0 Å². The summed E-state index contributed by atoms with van der Waals surface area (Å²) in [4.78, 5) is 23.0. The molecule has 140 valence electrons. The average Bonchev–Trinajstić information content (AvgIpc) is 3.10. The summed E-state index contributed by atoms with van der Waals surface area (Å²) in [7, 11) is 0. The number of thiazole rings is 1. The number of urea groups is 1. The molecule has 0 atom stereocenters. The molecule has 0 saturated carbocycles. The Labute approximate surface area is 161 Å². The van der Waals surface area contributed by atoms with Crippen molar-refractivity contribution in [2.45, 2.75) is 6.92 Å². The summed E-state index contributed by atoms with van der Waals surface area (Å²) in [6.45, 7) is 5.70. The number of benzene rings is 1. The van der Waals surface area contributed by atoms with Crippen molar-refractivity contribution in [2.75, 3.05) is 43.1 Å². The second-order valence-electron chi connectivity index (χ2n) is 6.19. The normalized spacial score (nSPS) is 14.3. The van der Waals surface area contributed by atoms with Crippen molar-refractivity contribution in [2.24, 2.45) is 0 Å². The molecule has 0 bridgehead atoms. The van der Waals surface area contributed by atoms with Crippen LogP contribution >= 0.6 is 11.3 Å². The zero-order valence-electron chi connectivity index (χ0n) is 15.1. The summed E-state index contributed by atoms with van der Waals surface area (Å²) in [6.07, 6.45) is 1.90. The maximum atomic E-state index is 11.7. The molecule has 27 heavy (non-hydrogen) atoms. The molecule has 2 aromatic heterocycles. The van der Waals surface area contributed by atoms with Crippen LogP contribution in [-0.4, -0.2) is 48.8 Å². The largest absolute Gasteiger partial charge is 0.378 e. The first kappa shape index (κ1) is 17.7. The lowest BCUT2D eigenvalue weighted by Crippen LogP contribution is -2.36. The predicted octanol–water partition coefficient (Wildman–Crippen LogP) is 3.34. The molecule has 2 N–H and O–H groups in total. The second-order valence-corrected chi connectivity index (χ2v) is 7.22. The van der Waals surface area contributed by atoms with Gasteiger partial charge in [0.15, 0.2) is 5.13 Å². The van der Waals surface area contributed by atoms with Gasteiger partial charge in [0.2, 0.25) is 0 Å². The van der Waals surface area contributed by atoms with Crippen molar-refractivity contribution in [1.82, 2.24) is 15.3 Å². The minimum absolute atomic E-state index is 0.236. The summed E-state index contributed by atoms with van der Waals surface area (Å²) >= 11 is 1.46. The number of anilines is 2. The Balaban J connectivity index is 1.53. The Morgan fingerprint density at radius 1 is 1.22 bits per heavy atom. The van der Waals surface area contributed by atoms with Gasteiger partial charge < -0.3 is 15.0 Å². The van der Waals surface area contributed by atoms with E-state index in [0.29, 0.717) is 11.7 Å². The molecule has 3 aromatic rings.